The van der Waals surface area contributed by atoms with Gasteiger partial charge >= 0.3 is 0 Å². The predicted molar refractivity (Wildman–Crippen MR) is 61.3 cm³/mol. The molecule has 16 heavy (non-hydrogen) atoms. The number of rotatable bonds is 3. The first-order valence-corrected chi connectivity index (χ1v) is 5.46. The zero-order chi connectivity index (χ0) is 12.1. The number of amides is 1. The first-order chi connectivity index (χ1) is 7.52. The van der Waals surface area contributed by atoms with Gasteiger partial charge in [0, 0.05) is 16.1 Å². The number of hydrogen-bond donors (Lipinski definition) is 1. The highest BCUT2D eigenvalue weighted by Crippen LogP contribution is 2.14. The summed E-state index contributed by atoms with van der Waals surface area (Å²) in [4.78, 5) is 11.6. The molecule has 0 saturated carbocycles. The number of nitrogens with zero attached hydrogens (tertiary/aromatic N) is 1. The van der Waals surface area contributed by atoms with Gasteiger partial charge in [0.2, 0.25) is 0 Å². The molecule has 0 aromatic heterocycles. The van der Waals surface area contributed by atoms with Crippen molar-refractivity contribution in [3.63, 3.8) is 0 Å². The van der Waals surface area contributed by atoms with Crippen molar-refractivity contribution < 1.29 is 9.18 Å². The summed E-state index contributed by atoms with van der Waals surface area (Å²) < 4.78 is 13.5. The van der Waals surface area contributed by atoms with Gasteiger partial charge < -0.3 is 5.32 Å². The average Bonchev–Trinajstić information content (AvgIpc) is 2.16. The Hall–Kier alpha value is -1.41. The highest BCUT2D eigenvalue weighted by molar-refractivity contribution is 9.10. The second kappa shape index (κ2) is 5.61. The molecule has 0 heterocycles. The van der Waals surface area contributed by atoms with E-state index in [0.29, 0.717) is 4.47 Å². The summed E-state index contributed by atoms with van der Waals surface area (Å²) in [5, 5.41) is 11.0. The molecule has 1 rings (SSSR count). The predicted octanol–water partition coefficient (Wildman–Crippen LogP) is 2.62. The van der Waals surface area contributed by atoms with E-state index in [9.17, 15) is 9.18 Å². The van der Waals surface area contributed by atoms with Gasteiger partial charge in [0.1, 0.15) is 5.82 Å². The van der Waals surface area contributed by atoms with Crippen LogP contribution < -0.4 is 5.32 Å². The lowest BCUT2D eigenvalue weighted by Crippen LogP contribution is -2.32. The first kappa shape index (κ1) is 12.7. The van der Waals surface area contributed by atoms with Gasteiger partial charge in [0.15, 0.2) is 0 Å². The zero-order valence-corrected chi connectivity index (χ0v) is 10.2. The largest absolute Gasteiger partial charge is 0.349 e. The van der Waals surface area contributed by atoms with Gasteiger partial charge in [-0.05, 0) is 25.1 Å². The van der Waals surface area contributed by atoms with E-state index in [-0.39, 0.29) is 23.9 Å². The summed E-state index contributed by atoms with van der Waals surface area (Å²) in [6.07, 6.45) is 0.224. The molecule has 0 aliphatic rings. The van der Waals surface area contributed by atoms with Crippen LogP contribution in [-0.4, -0.2) is 11.9 Å². The summed E-state index contributed by atoms with van der Waals surface area (Å²) >= 11 is 3.11. The van der Waals surface area contributed by atoms with Crippen molar-refractivity contribution in [2.45, 2.75) is 19.4 Å². The van der Waals surface area contributed by atoms with E-state index >= 15 is 0 Å². The maximum absolute atomic E-state index is 13.0. The Morgan fingerprint density at radius 3 is 2.88 bits per heavy atom. The number of hydrogen-bond acceptors (Lipinski definition) is 2. The summed E-state index contributed by atoms with van der Waals surface area (Å²) in [5.74, 6) is -0.865. The van der Waals surface area contributed by atoms with Crippen LogP contribution in [0.1, 0.15) is 23.7 Å². The first-order valence-electron chi connectivity index (χ1n) is 4.67. The molecule has 5 heteroatoms. The second-order valence-corrected chi connectivity index (χ2v) is 4.31. The fourth-order valence-electron chi connectivity index (χ4n) is 1.18. The molecule has 1 amide bonds. The van der Waals surface area contributed by atoms with Crippen LogP contribution in [0, 0.1) is 17.1 Å². The lowest BCUT2D eigenvalue weighted by Gasteiger charge is -2.10. The molecule has 1 aromatic rings. The van der Waals surface area contributed by atoms with Crippen LogP contribution in [0.3, 0.4) is 0 Å². The summed E-state index contributed by atoms with van der Waals surface area (Å²) in [7, 11) is 0. The summed E-state index contributed by atoms with van der Waals surface area (Å²) in [5.41, 5.74) is 0.233. The van der Waals surface area contributed by atoms with Crippen LogP contribution in [0.25, 0.3) is 0 Å². The molecule has 0 radical (unpaired) electrons. The molecule has 0 spiro atoms. The summed E-state index contributed by atoms with van der Waals surface area (Å²) in [6.45, 7) is 1.72. The molecule has 1 aromatic carbocycles. The highest BCUT2D eigenvalue weighted by Gasteiger charge is 2.11. The molecule has 3 nitrogen and oxygen atoms in total. The van der Waals surface area contributed by atoms with Gasteiger partial charge in [-0.3, -0.25) is 4.79 Å². The monoisotopic (exact) mass is 284 g/mol. The molecule has 84 valence electrons. The molecule has 0 fully saturated rings. The van der Waals surface area contributed by atoms with Crippen molar-refractivity contribution in [1.29, 1.82) is 5.26 Å². The molecule has 0 aliphatic heterocycles. The third-order valence-corrected chi connectivity index (χ3v) is 2.36. The Balaban J connectivity index is 2.77. The maximum atomic E-state index is 13.0. The van der Waals surface area contributed by atoms with Crippen molar-refractivity contribution in [2.75, 3.05) is 0 Å². The van der Waals surface area contributed by atoms with Crippen LogP contribution in [0.2, 0.25) is 0 Å². The average molecular weight is 285 g/mol. The fraction of sp³-hybridized carbons (Fsp3) is 0.273. The Kier molecular flexibility index (Phi) is 4.44. The molecule has 0 aliphatic carbocycles. The van der Waals surface area contributed by atoms with Crippen LogP contribution in [-0.2, 0) is 0 Å². The van der Waals surface area contributed by atoms with Gasteiger partial charge in [-0.15, -0.1) is 0 Å². The molecule has 1 N–H and O–H groups in total. The van der Waals surface area contributed by atoms with Crippen LogP contribution in [0.15, 0.2) is 22.7 Å². The number of halogens is 2. The van der Waals surface area contributed by atoms with E-state index in [1.54, 1.807) is 6.92 Å². The fourth-order valence-corrected chi connectivity index (χ4v) is 1.65. The number of nitriles is 1. The van der Waals surface area contributed by atoms with Crippen molar-refractivity contribution >= 4 is 21.8 Å². The van der Waals surface area contributed by atoms with Crippen molar-refractivity contribution in [1.82, 2.24) is 5.32 Å². The minimum Gasteiger partial charge on any atom is -0.349 e. The van der Waals surface area contributed by atoms with E-state index in [0.717, 1.165) is 6.07 Å². The van der Waals surface area contributed by atoms with Crippen molar-refractivity contribution in [3.8, 4) is 6.07 Å². The normalized spacial score (nSPS) is 11.6. The smallest absolute Gasteiger partial charge is 0.251 e. The van der Waals surface area contributed by atoms with Gasteiger partial charge in [-0.1, -0.05) is 15.9 Å². The number of carbonyl (C=O) groups is 1. The van der Waals surface area contributed by atoms with E-state index in [2.05, 4.69) is 21.2 Å². The Labute approximate surface area is 101 Å². The Morgan fingerprint density at radius 1 is 1.62 bits per heavy atom. The summed E-state index contributed by atoms with van der Waals surface area (Å²) in [6, 6.07) is 5.65. The SMILES string of the molecule is CC(CC#N)NC(=O)c1cc(F)cc(Br)c1. The van der Waals surface area contributed by atoms with E-state index < -0.39 is 5.82 Å². The van der Waals surface area contributed by atoms with Crippen LogP contribution >= 0.6 is 15.9 Å². The second-order valence-electron chi connectivity index (χ2n) is 3.39. The molecular weight excluding hydrogens is 275 g/mol. The number of carbonyl (C=O) groups excluding carboxylic acids is 1. The minimum absolute atomic E-state index is 0.224. The van der Waals surface area contributed by atoms with E-state index in [1.165, 1.54) is 12.1 Å². The molecule has 0 bridgehead atoms. The zero-order valence-electron chi connectivity index (χ0n) is 8.63. The van der Waals surface area contributed by atoms with Crippen LogP contribution in [0.4, 0.5) is 4.39 Å². The van der Waals surface area contributed by atoms with Crippen molar-refractivity contribution in [3.05, 3.63) is 34.1 Å². The van der Waals surface area contributed by atoms with Crippen molar-refractivity contribution in [2.24, 2.45) is 0 Å². The van der Waals surface area contributed by atoms with Gasteiger partial charge in [-0.25, -0.2) is 4.39 Å². The molecule has 0 saturated heterocycles. The standard InChI is InChI=1S/C11H10BrFN2O/c1-7(2-3-14)15-11(16)8-4-9(12)6-10(13)5-8/h4-7H,2H2,1H3,(H,15,16). The minimum atomic E-state index is -0.479. The van der Waals surface area contributed by atoms with E-state index in [1.807, 2.05) is 6.07 Å². The third kappa shape index (κ3) is 3.63. The molecular formula is C11H10BrFN2O. The lowest BCUT2D eigenvalue weighted by molar-refractivity contribution is 0.0940. The third-order valence-electron chi connectivity index (χ3n) is 1.90. The topological polar surface area (TPSA) is 52.9 Å². The lowest BCUT2D eigenvalue weighted by atomic mass is 10.2. The number of nitrogens with one attached hydrogen (secondary N) is 1. The van der Waals surface area contributed by atoms with Gasteiger partial charge in [0.25, 0.3) is 5.91 Å². The van der Waals surface area contributed by atoms with Crippen LogP contribution in [0.5, 0.6) is 0 Å². The van der Waals surface area contributed by atoms with Gasteiger partial charge in [0.05, 0.1) is 12.5 Å². The Morgan fingerprint density at radius 2 is 2.31 bits per heavy atom. The van der Waals surface area contributed by atoms with E-state index in [4.69, 9.17) is 5.26 Å². The molecule has 1 atom stereocenters. The number of benzene rings is 1. The van der Waals surface area contributed by atoms with Gasteiger partial charge in [-0.2, -0.15) is 5.26 Å². The quantitative estimate of drug-likeness (QED) is 0.928. The maximum Gasteiger partial charge on any atom is 0.251 e. The highest BCUT2D eigenvalue weighted by atomic mass is 79.9. The molecule has 1 unspecified atom stereocenters. The Bertz CT molecular complexity index is 422.